The van der Waals surface area contributed by atoms with Crippen LogP contribution in [0, 0.1) is 0 Å². The van der Waals surface area contributed by atoms with Crippen molar-refractivity contribution in [2.24, 2.45) is 0 Å². The topological polar surface area (TPSA) is 135 Å². The first kappa shape index (κ1) is 23.6. The van der Waals surface area contributed by atoms with Crippen LogP contribution in [0.15, 0.2) is 62.7 Å². The molecule has 2 aromatic heterocycles. The van der Waals surface area contributed by atoms with Crippen LogP contribution in [-0.2, 0) is 17.9 Å². The summed E-state index contributed by atoms with van der Waals surface area (Å²) in [5.74, 6) is -1.03. The maximum Gasteiger partial charge on any atom is 0.330 e. The average Bonchev–Trinajstić information content (AvgIpc) is 3.33. The summed E-state index contributed by atoms with van der Waals surface area (Å²) in [6.45, 7) is 1.96. The van der Waals surface area contributed by atoms with Gasteiger partial charge in [-0.3, -0.25) is 28.8 Å². The molecule has 0 radical (unpaired) electrons. The van der Waals surface area contributed by atoms with E-state index in [0.717, 1.165) is 12.0 Å². The van der Waals surface area contributed by atoms with Gasteiger partial charge >= 0.3 is 5.69 Å². The number of hydrogen-bond acceptors (Lipinski definition) is 6. The van der Waals surface area contributed by atoms with Gasteiger partial charge in [-0.15, -0.1) is 0 Å². The number of carbonyl (C=O) groups is 2. The van der Waals surface area contributed by atoms with Crippen LogP contribution in [0.4, 0.5) is 11.5 Å². The number of likely N-dealkylation sites (N-methyl/N-ethyl adjacent to an activating group) is 1. The molecular formula is C23H27N5O5. The second-order valence-corrected chi connectivity index (χ2v) is 7.60. The van der Waals surface area contributed by atoms with E-state index < -0.39 is 23.1 Å². The Morgan fingerprint density at radius 2 is 1.85 bits per heavy atom. The van der Waals surface area contributed by atoms with Gasteiger partial charge in [-0.1, -0.05) is 43.7 Å². The molecule has 0 saturated carbocycles. The normalized spacial score (nSPS) is 10.7. The van der Waals surface area contributed by atoms with Gasteiger partial charge in [0.2, 0.25) is 5.91 Å². The maximum atomic E-state index is 13.4. The van der Waals surface area contributed by atoms with Crippen LogP contribution in [0.2, 0.25) is 0 Å². The number of carbonyl (C=O) groups excluding carboxylic acids is 2. The lowest BCUT2D eigenvalue weighted by atomic mass is 10.2. The summed E-state index contributed by atoms with van der Waals surface area (Å²) in [4.78, 5) is 55.7. The summed E-state index contributed by atoms with van der Waals surface area (Å²) >= 11 is 0. The second kappa shape index (κ2) is 10.5. The molecule has 33 heavy (non-hydrogen) atoms. The van der Waals surface area contributed by atoms with Crippen LogP contribution in [-0.4, -0.2) is 39.9 Å². The summed E-state index contributed by atoms with van der Waals surface area (Å²) in [7, 11) is 1.46. The lowest BCUT2D eigenvalue weighted by Crippen LogP contribution is -2.45. The van der Waals surface area contributed by atoms with Gasteiger partial charge in [-0.2, -0.15) is 0 Å². The van der Waals surface area contributed by atoms with Crippen LogP contribution in [0.1, 0.15) is 35.9 Å². The molecule has 10 heteroatoms. The number of benzene rings is 1. The largest absolute Gasteiger partial charge is 0.459 e. The smallest absolute Gasteiger partial charge is 0.330 e. The Labute approximate surface area is 190 Å². The fourth-order valence-electron chi connectivity index (χ4n) is 3.38. The van der Waals surface area contributed by atoms with Crippen molar-refractivity contribution in [3.63, 3.8) is 0 Å². The van der Waals surface area contributed by atoms with Gasteiger partial charge in [0, 0.05) is 13.6 Å². The lowest BCUT2D eigenvalue weighted by Gasteiger charge is -2.26. The quantitative estimate of drug-likeness (QED) is 0.507. The van der Waals surface area contributed by atoms with E-state index in [1.54, 1.807) is 30.3 Å². The minimum Gasteiger partial charge on any atom is -0.459 e. The highest BCUT2D eigenvalue weighted by Gasteiger charge is 2.27. The lowest BCUT2D eigenvalue weighted by molar-refractivity contribution is -0.119. The molecule has 3 N–H and O–H groups in total. The SMILES string of the molecule is CCCCn1c(N)c(N(Cc2ccccc2)C(=O)CN(C)C(=O)c2ccco2)c(=O)[nH]c1=O. The summed E-state index contributed by atoms with van der Waals surface area (Å²) < 4.78 is 6.37. The third kappa shape index (κ3) is 5.40. The zero-order valence-corrected chi connectivity index (χ0v) is 18.6. The van der Waals surface area contributed by atoms with Gasteiger partial charge in [0.15, 0.2) is 11.4 Å². The highest BCUT2D eigenvalue weighted by Crippen LogP contribution is 2.20. The van der Waals surface area contributed by atoms with E-state index in [2.05, 4.69) is 4.98 Å². The molecule has 0 aliphatic carbocycles. The number of unbranched alkanes of at least 4 members (excludes halogenated alkanes) is 1. The van der Waals surface area contributed by atoms with Gasteiger partial charge in [0.1, 0.15) is 12.4 Å². The second-order valence-electron chi connectivity index (χ2n) is 7.60. The fourth-order valence-corrected chi connectivity index (χ4v) is 3.38. The molecule has 0 aliphatic heterocycles. The van der Waals surface area contributed by atoms with E-state index in [1.165, 1.54) is 33.7 Å². The number of amides is 2. The van der Waals surface area contributed by atoms with Crippen molar-refractivity contribution in [1.82, 2.24) is 14.5 Å². The fraction of sp³-hybridized carbons (Fsp3) is 0.304. The highest BCUT2D eigenvalue weighted by atomic mass is 16.3. The number of aromatic amines is 1. The van der Waals surface area contributed by atoms with Crippen molar-refractivity contribution in [2.45, 2.75) is 32.9 Å². The standard InChI is InChI=1S/C23H27N5O5/c1-3-4-12-27-20(24)19(21(30)25-23(27)32)28(14-16-9-6-5-7-10-16)18(29)15-26(2)22(31)17-11-8-13-33-17/h5-11,13H,3-4,12,14-15,24H2,1-2H3,(H,25,30,32). The number of H-pyrrole nitrogens is 1. The highest BCUT2D eigenvalue weighted by molar-refractivity contribution is 6.00. The minimum absolute atomic E-state index is 0.0295. The van der Waals surface area contributed by atoms with Crippen LogP contribution in [0.25, 0.3) is 0 Å². The third-order valence-electron chi connectivity index (χ3n) is 5.15. The van der Waals surface area contributed by atoms with Crippen molar-refractivity contribution < 1.29 is 14.0 Å². The monoisotopic (exact) mass is 453 g/mol. The number of nitrogens with two attached hydrogens (primary N) is 1. The molecule has 3 rings (SSSR count). The Morgan fingerprint density at radius 3 is 2.48 bits per heavy atom. The number of aromatic nitrogens is 2. The number of furan rings is 1. The van der Waals surface area contributed by atoms with Crippen molar-refractivity contribution in [3.8, 4) is 0 Å². The molecule has 0 aliphatic rings. The summed E-state index contributed by atoms with van der Waals surface area (Å²) in [5, 5.41) is 0. The zero-order valence-electron chi connectivity index (χ0n) is 18.6. The van der Waals surface area contributed by atoms with E-state index in [0.29, 0.717) is 13.0 Å². The molecule has 0 fully saturated rings. The summed E-state index contributed by atoms with van der Waals surface area (Å²) in [6, 6.07) is 12.1. The van der Waals surface area contributed by atoms with Crippen LogP contribution < -0.4 is 21.9 Å². The first-order valence-corrected chi connectivity index (χ1v) is 10.6. The first-order valence-electron chi connectivity index (χ1n) is 10.6. The van der Waals surface area contributed by atoms with Crippen LogP contribution in [0.3, 0.4) is 0 Å². The number of anilines is 2. The molecule has 10 nitrogen and oxygen atoms in total. The first-order chi connectivity index (χ1) is 15.8. The van der Waals surface area contributed by atoms with E-state index in [-0.39, 0.29) is 30.4 Å². The molecule has 0 spiro atoms. The molecule has 0 bridgehead atoms. The van der Waals surface area contributed by atoms with Gasteiger partial charge in [0.25, 0.3) is 11.5 Å². The predicted molar refractivity (Wildman–Crippen MR) is 124 cm³/mol. The number of rotatable bonds is 9. The van der Waals surface area contributed by atoms with Crippen molar-refractivity contribution in [3.05, 3.63) is 80.9 Å². The molecule has 3 aromatic rings. The minimum atomic E-state index is -0.769. The van der Waals surface area contributed by atoms with Gasteiger partial charge in [-0.05, 0) is 24.1 Å². The van der Waals surface area contributed by atoms with Crippen molar-refractivity contribution >= 4 is 23.3 Å². The Balaban J connectivity index is 2.00. The number of nitrogens with one attached hydrogen (secondary N) is 1. The molecule has 2 heterocycles. The maximum absolute atomic E-state index is 13.4. The van der Waals surface area contributed by atoms with E-state index in [4.69, 9.17) is 10.2 Å². The molecule has 1 aromatic carbocycles. The third-order valence-corrected chi connectivity index (χ3v) is 5.15. The zero-order chi connectivity index (χ0) is 24.0. The molecule has 174 valence electrons. The molecular weight excluding hydrogens is 426 g/mol. The molecule has 2 amide bonds. The molecule has 0 atom stereocenters. The number of nitrogens with zero attached hydrogens (tertiary/aromatic N) is 3. The average molecular weight is 453 g/mol. The number of nitrogen functional groups attached to an aromatic ring is 1. The van der Waals surface area contributed by atoms with Crippen LogP contribution in [0.5, 0.6) is 0 Å². The molecule has 0 saturated heterocycles. The van der Waals surface area contributed by atoms with E-state index in [1.807, 2.05) is 13.0 Å². The Kier molecular flexibility index (Phi) is 7.50. The van der Waals surface area contributed by atoms with Crippen molar-refractivity contribution in [1.29, 1.82) is 0 Å². The van der Waals surface area contributed by atoms with Crippen molar-refractivity contribution in [2.75, 3.05) is 24.2 Å². The Hall–Kier alpha value is -4.08. The Bertz CT molecular complexity index is 1210. The van der Waals surface area contributed by atoms with Gasteiger partial charge in [0.05, 0.1) is 12.8 Å². The van der Waals surface area contributed by atoms with E-state index >= 15 is 0 Å². The summed E-state index contributed by atoms with van der Waals surface area (Å²) in [6.07, 6.45) is 2.85. The van der Waals surface area contributed by atoms with Gasteiger partial charge < -0.3 is 15.1 Å². The summed E-state index contributed by atoms with van der Waals surface area (Å²) in [5.41, 5.74) is 5.46. The molecule has 0 unspecified atom stereocenters. The predicted octanol–water partition coefficient (Wildman–Crippen LogP) is 1.82. The number of hydrogen-bond donors (Lipinski definition) is 2. The van der Waals surface area contributed by atoms with Crippen LogP contribution >= 0.6 is 0 Å². The van der Waals surface area contributed by atoms with E-state index in [9.17, 15) is 19.2 Å². The van der Waals surface area contributed by atoms with Gasteiger partial charge in [-0.25, -0.2) is 4.79 Å². The Morgan fingerprint density at radius 1 is 1.12 bits per heavy atom.